The number of fused-ring (bicyclic) bond motifs is 4. The number of aliphatic carboxylic acids is 1. The van der Waals surface area contributed by atoms with Crippen LogP contribution in [0.2, 0.25) is 5.02 Å². The van der Waals surface area contributed by atoms with Gasteiger partial charge in [0, 0.05) is 40.0 Å². The maximum Gasteiger partial charge on any atom is 0.490 e. The maximum absolute atomic E-state index is 14.3. The number of carboxylic acid groups (broad SMARTS) is 1. The van der Waals surface area contributed by atoms with Gasteiger partial charge in [-0.05, 0) is 66.9 Å². The molecule has 10 nitrogen and oxygen atoms in total. The molecule has 4 aromatic rings. The summed E-state index contributed by atoms with van der Waals surface area (Å²) in [5.41, 5.74) is 2.78. The first kappa shape index (κ1) is 34.8. The average molecular weight is 675 g/mol. The van der Waals surface area contributed by atoms with Crippen molar-refractivity contribution in [2.45, 2.75) is 38.4 Å². The van der Waals surface area contributed by atoms with Gasteiger partial charge in [-0.15, -0.1) is 0 Å². The van der Waals surface area contributed by atoms with Gasteiger partial charge in [0.1, 0.15) is 5.82 Å². The summed E-state index contributed by atoms with van der Waals surface area (Å²) in [6.45, 7) is 1.84. The van der Waals surface area contributed by atoms with Crippen LogP contribution in [0.25, 0.3) is 22.4 Å². The van der Waals surface area contributed by atoms with Crippen LogP contribution in [0.15, 0.2) is 71.9 Å². The van der Waals surface area contributed by atoms with Gasteiger partial charge in [0.05, 0.1) is 36.4 Å². The number of anilines is 1. The zero-order valence-electron chi connectivity index (χ0n) is 24.8. The lowest BCUT2D eigenvalue weighted by atomic mass is 9.95. The van der Waals surface area contributed by atoms with E-state index in [2.05, 4.69) is 15.3 Å². The molecule has 0 unspecified atom stereocenters. The highest BCUT2D eigenvalue weighted by Gasteiger charge is 2.38. The minimum absolute atomic E-state index is 0.162. The molecule has 1 aliphatic rings. The monoisotopic (exact) mass is 674 g/mol. The fraction of sp³-hybridized carbons (Fsp3) is 0.250. The number of nitrogens with one attached hydrogen (secondary N) is 1. The molecule has 2 atom stereocenters. The lowest BCUT2D eigenvalue weighted by molar-refractivity contribution is -0.192. The van der Waals surface area contributed by atoms with Crippen molar-refractivity contribution in [2.24, 2.45) is 5.92 Å². The number of alkyl halides is 3. The predicted octanol–water partition coefficient (Wildman–Crippen LogP) is 6.53. The molecule has 3 heterocycles. The van der Waals surface area contributed by atoms with E-state index in [1.807, 2.05) is 6.92 Å². The number of carbonyl (C=O) groups is 3. The van der Waals surface area contributed by atoms with Gasteiger partial charge >= 0.3 is 18.1 Å². The molecule has 2 aromatic carbocycles. The molecule has 0 saturated carbocycles. The molecule has 0 aliphatic carbocycles. The van der Waals surface area contributed by atoms with Gasteiger partial charge in [0.15, 0.2) is 0 Å². The van der Waals surface area contributed by atoms with Crippen molar-refractivity contribution in [3.63, 3.8) is 0 Å². The number of hydrogen-bond acceptors (Lipinski definition) is 7. The minimum Gasteiger partial charge on any atom is -0.475 e. The molecule has 47 heavy (non-hydrogen) atoms. The van der Waals surface area contributed by atoms with Crippen LogP contribution in [-0.4, -0.2) is 50.8 Å². The number of ether oxygens (including phenoxy) is 1. The second-order valence-electron chi connectivity index (χ2n) is 10.5. The lowest BCUT2D eigenvalue weighted by Crippen LogP contribution is -2.27. The summed E-state index contributed by atoms with van der Waals surface area (Å²) in [5.74, 6) is -4.24. The van der Waals surface area contributed by atoms with E-state index in [4.69, 9.17) is 26.2 Å². The molecule has 1 amide bonds. The predicted molar refractivity (Wildman–Crippen MR) is 163 cm³/mol. The molecular weight excluding hydrogens is 648 g/mol. The number of nitrogens with zero attached hydrogens (tertiary/aromatic N) is 3. The summed E-state index contributed by atoms with van der Waals surface area (Å²) in [4.78, 5) is 56.7. The van der Waals surface area contributed by atoms with Crippen LogP contribution in [0.1, 0.15) is 48.3 Å². The van der Waals surface area contributed by atoms with E-state index in [1.165, 1.54) is 42.3 Å². The Balaban J connectivity index is 0.000000644. The van der Waals surface area contributed by atoms with Crippen molar-refractivity contribution in [3.8, 4) is 22.4 Å². The van der Waals surface area contributed by atoms with Crippen molar-refractivity contribution in [1.82, 2.24) is 14.5 Å². The molecule has 0 saturated heterocycles. The summed E-state index contributed by atoms with van der Waals surface area (Å²) in [6.07, 6.45) is -0.339. The number of halogens is 5. The van der Waals surface area contributed by atoms with Crippen LogP contribution in [0.4, 0.5) is 23.2 Å². The molecule has 1 aliphatic heterocycles. The second kappa shape index (κ2) is 14.5. The molecule has 0 fully saturated rings. The first-order chi connectivity index (χ1) is 22.2. The zero-order chi connectivity index (χ0) is 34.5. The highest BCUT2D eigenvalue weighted by Crippen LogP contribution is 2.33. The average Bonchev–Trinajstić information content (AvgIpc) is 3.03. The van der Waals surface area contributed by atoms with Gasteiger partial charge in [-0.2, -0.15) is 13.2 Å². The van der Waals surface area contributed by atoms with Gasteiger partial charge in [-0.1, -0.05) is 24.9 Å². The first-order valence-corrected chi connectivity index (χ1v) is 14.4. The third kappa shape index (κ3) is 8.38. The van der Waals surface area contributed by atoms with E-state index >= 15 is 0 Å². The Hall–Kier alpha value is -5.11. The van der Waals surface area contributed by atoms with Gasteiger partial charge in [-0.25, -0.2) is 19.0 Å². The number of methoxy groups -OCH3 is 1. The summed E-state index contributed by atoms with van der Waals surface area (Å²) in [7, 11) is 1.27. The Kier molecular flexibility index (Phi) is 10.8. The first-order valence-electron chi connectivity index (χ1n) is 14.0. The zero-order valence-corrected chi connectivity index (χ0v) is 25.6. The molecule has 2 bridgehead atoms. The van der Waals surface area contributed by atoms with Gasteiger partial charge < -0.3 is 15.2 Å². The summed E-state index contributed by atoms with van der Waals surface area (Å²) in [5, 5.41) is 10.4. The molecule has 246 valence electrons. The minimum atomic E-state index is -5.08. The summed E-state index contributed by atoms with van der Waals surface area (Å²) >= 11 is 6.18. The fourth-order valence-corrected chi connectivity index (χ4v) is 5.08. The van der Waals surface area contributed by atoms with Crippen LogP contribution in [-0.2, 0) is 14.3 Å². The van der Waals surface area contributed by atoms with Crippen molar-refractivity contribution in [1.29, 1.82) is 0 Å². The highest BCUT2D eigenvalue weighted by molar-refractivity contribution is 6.31. The van der Waals surface area contributed by atoms with E-state index in [0.717, 1.165) is 0 Å². The molecule has 2 N–H and O–H groups in total. The van der Waals surface area contributed by atoms with Crippen LogP contribution >= 0.6 is 11.6 Å². The number of rotatable bonds is 3. The largest absolute Gasteiger partial charge is 0.490 e. The molecule has 2 aromatic heterocycles. The molecular formula is C32H27ClF4N4O6. The third-order valence-corrected chi connectivity index (χ3v) is 7.55. The van der Waals surface area contributed by atoms with Gasteiger partial charge in [0.25, 0.3) is 5.56 Å². The number of carbonyl (C=O) groups excluding carboxylic acids is 2. The standard InChI is InChI=1S/C30H26ClFN4O4.C2HF3O2/c1-17-4-3-5-27(26-12-18(10-11-33-26)22-14-20(32)7-9-24(22)35-29(17)38)36-16-34-25(15-28(36)37)23-13-19(31)6-8-21(23)30(39)40-2;3-2(4,5)1(6)7/h6-17,27H,3-5H2,1-2H3,(H,35,38);(H,6,7)/t17-,27+;/m1./s1. The van der Waals surface area contributed by atoms with Crippen LogP contribution in [0.3, 0.4) is 0 Å². The van der Waals surface area contributed by atoms with Crippen molar-refractivity contribution < 1.29 is 41.8 Å². The van der Waals surface area contributed by atoms with Gasteiger partial charge in [0.2, 0.25) is 5.91 Å². The van der Waals surface area contributed by atoms with Crippen LogP contribution in [0.5, 0.6) is 0 Å². The lowest BCUT2D eigenvalue weighted by Gasteiger charge is -2.23. The van der Waals surface area contributed by atoms with E-state index in [-0.39, 0.29) is 28.6 Å². The SMILES string of the molecule is COC(=O)c1ccc(Cl)cc1-c1cc(=O)n([C@H]2CCC[C@@H](C)C(=O)Nc3ccc(F)cc3-c3ccnc2c3)cn1.O=C(O)C(F)(F)F. The number of esters is 1. The molecule has 0 radical (unpaired) electrons. The van der Waals surface area contributed by atoms with E-state index < -0.39 is 30.0 Å². The Morgan fingerprint density at radius 2 is 1.74 bits per heavy atom. The molecule has 5 rings (SSSR count). The topological polar surface area (TPSA) is 140 Å². The number of aromatic nitrogens is 3. The second-order valence-corrected chi connectivity index (χ2v) is 10.9. The highest BCUT2D eigenvalue weighted by atomic mass is 35.5. The smallest absolute Gasteiger partial charge is 0.475 e. The Morgan fingerprint density at radius 1 is 1.02 bits per heavy atom. The van der Waals surface area contributed by atoms with Crippen LogP contribution in [0, 0.1) is 11.7 Å². The number of hydrogen-bond donors (Lipinski definition) is 2. The third-order valence-electron chi connectivity index (χ3n) is 7.31. The number of carboxylic acids is 1. The van der Waals surface area contributed by atoms with Crippen molar-refractivity contribution in [3.05, 3.63) is 99.6 Å². The summed E-state index contributed by atoms with van der Waals surface area (Å²) < 4.78 is 52.4. The quantitative estimate of drug-likeness (QED) is 0.185. The number of benzene rings is 2. The Bertz CT molecular complexity index is 1880. The fourth-order valence-electron chi connectivity index (χ4n) is 4.90. The normalized spacial score (nSPS) is 16.3. The van der Waals surface area contributed by atoms with E-state index in [0.29, 0.717) is 52.4 Å². The van der Waals surface area contributed by atoms with Crippen molar-refractivity contribution >= 4 is 35.1 Å². The number of amides is 1. The molecule has 0 spiro atoms. The maximum atomic E-state index is 14.3. The van der Waals surface area contributed by atoms with Crippen LogP contribution < -0.4 is 10.9 Å². The van der Waals surface area contributed by atoms with E-state index in [9.17, 15) is 31.9 Å². The van der Waals surface area contributed by atoms with Crippen molar-refractivity contribution in [2.75, 3.05) is 12.4 Å². The molecule has 15 heteroatoms. The number of pyridine rings is 1. The Morgan fingerprint density at radius 3 is 2.40 bits per heavy atom. The van der Waals surface area contributed by atoms with E-state index in [1.54, 1.807) is 36.5 Å². The van der Waals surface area contributed by atoms with Gasteiger partial charge in [-0.3, -0.25) is 19.1 Å². The Labute approximate surface area is 270 Å². The summed E-state index contributed by atoms with van der Waals surface area (Å²) in [6, 6.07) is 13.2.